The van der Waals surface area contributed by atoms with Gasteiger partial charge in [0, 0.05) is 25.6 Å². The Morgan fingerprint density at radius 1 is 0.972 bits per heavy atom. The van der Waals surface area contributed by atoms with E-state index in [4.69, 9.17) is 4.74 Å². The third-order valence-electron chi connectivity index (χ3n) is 6.65. The van der Waals surface area contributed by atoms with Gasteiger partial charge in [-0.2, -0.15) is 0 Å². The maximum atomic E-state index is 14.0. The van der Waals surface area contributed by atoms with E-state index in [2.05, 4.69) is 4.98 Å². The number of aromatic nitrogens is 2. The lowest BCUT2D eigenvalue weighted by atomic mass is 9.92. The largest absolute Gasteiger partial charge is 0.424 e. The maximum Gasteiger partial charge on any atom is 0.418 e. The number of ether oxygens (including phenoxy) is 1. The van der Waals surface area contributed by atoms with Gasteiger partial charge in [0.25, 0.3) is 5.91 Å². The third-order valence-corrected chi connectivity index (χ3v) is 6.65. The number of imidazole rings is 1. The van der Waals surface area contributed by atoms with E-state index in [1.54, 1.807) is 14.0 Å². The van der Waals surface area contributed by atoms with Crippen LogP contribution in [-0.4, -0.2) is 26.5 Å². The number of fused-ring (bicyclic) bond motifs is 1. The molecule has 1 aromatic heterocycles. The minimum Gasteiger partial charge on any atom is -0.424 e. The van der Waals surface area contributed by atoms with Crippen LogP contribution in [0.15, 0.2) is 66.7 Å². The van der Waals surface area contributed by atoms with E-state index in [1.807, 2.05) is 30.3 Å². The molecule has 4 aromatic rings. The Bertz CT molecular complexity index is 1470. The molecule has 5 rings (SSSR count). The second-order valence-corrected chi connectivity index (χ2v) is 8.83. The van der Waals surface area contributed by atoms with Crippen molar-refractivity contribution in [2.75, 3.05) is 0 Å². The third kappa shape index (κ3) is 3.80. The number of halogens is 3. The minimum atomic E-state index is -1.83. The number of rotatable bonds is 6. The van der Waals surface area contributed by atoms with Gasteiger partial charge in [-0.25, -0.2) is 27.8 Å². The summed E-state index contributed by atoms with van der Waals surface area (Å²) >= 11 is 0. The first-order valence-electron chi connectivity index (χ1n) is 11.4. The molecule has 2 unspecified atom stereocenters. The van der Waals surface area contributed by atoms with Gasteiger partial charge < -0.3 is 9.30 Å². The number of nitrogens with zero attached hydrogens (tertiary/aromatic N) is 3. The monoisotopic (exact) mass is 493 g/mol. The molecule has 6 nitrogen and oxygen atoms in total. The van der Waals surface area contributed by atoms with Crippen LogP contribution in [0, 0.1) is 17.5 Å². The van der Waals surface area contributed by atoms with Crippen LogP contribution in [-0.2, 0) is 28.6 Å². The molecule has 9 heteroatoms. The van der Waals surface area contributed by atoms with Crippen LogP contribution < -0.4 is 0 Å². The topological polar surface area (TPSA) is 64.4 Å². The van der Waals surface area contributed by atoms with Gasteiger partial charge in [0.15, 0.2) is 17.5 Å². The molecule has 3 aromatic carbocycles. The second-order valence-electron chi connectivity index (χ2n) is 8.83. The van der Waals surface area contributed by atoms with Gasteiger partial charge in [0.1, 0.15) is 5.82 Å². The maximum absolute atomic E-state index is 14.0. The summed E-state index contributed by atoms with van der Waals surface area (Å²) < 4.78 is 48.7. The number of hydrogen-bond donors (Lipinski definition) is 0. The first kappa shape index (κ1) is 23.6. The zero-order valence-electron chi connectivity index (χ0n) is 19.5. The predicted octanol–water partition coefficient (Wildman–Crippen LogP) is 5.56. The van der Waals surface area contributed by atoms with Crippen molar-refractivity contribution < 1.29 is 27.5 Å². The molecule has 2 heterocycles. The summed E-state index contributed by atoms with van der Waals surface area (Å²) in [6.45, 7) is 1.64. The van der Waals surface area contributed by atoms with Crippen molar-refractivity contribution in [3.63, 3.8) is 0 Å². The normalized spacial score (nSPS) is 18.6. The Hall–Kier alpha value is -4.14. The van der Waals surface area contributed by atoms with Gasteiger partial charge in [-0.15, -0.1) is 0 Å². The van der Waals surface area contributed by atoms with Gasteiger partial charge >= 0.3 is 6.09 Å². The standard InChI is InChI=1S/C27H22F3N3O3/c1-16(18-8-10-19(28)11-9-18)33-25(34)27(36-26(33)35,13-12-17-6-4-3-5-7-17)24-31-22-14-20(29)21(30)15-23(22)32(24)2/h3-11,14-16H,12-13H2,1-2H3. The predicted molar refractivity (Wildman–Crippen MR) is 125 cm³/mol. The van der Waals surface area contributed by atoms with E-state index in [0.717, 1.165) is 22.6 Å². The van der Waals surface area contributed by atoms with Crippen LogP contribution >= 0.6 is 0 Å². The first-order valence-corrected chi connectivity index (χ1v) is 11.4. The molecule has 184 valence electrons. The number of benzene rings is 3. The summed E-state index contributed by atoms with van der Waals surface area (Å²) in [7, 11) is 1.56. The van der Waals surface area contributed by atoms with E-state index < -0.39 is 41.1 Å². The minimum absolute atomic E-state index is 0.0519. The fourth-order valence-electron chi connectivity index (χ4n) is 4.67. The summed E-state index contributed by atoms with van der Waals surface area (Å²) in [5, 5.41) is 0. The van der Waals surface area contributed by atoms with Crippen LogP contribution in [0.4, 0.5) is 18.0 Å². The summed E-state index contributed by atoms with van der Waals surface area (Å²) in [6.07, 6.45) is -0.463. The number of amides is 2. The average molecular weight is 493 g/mol. The molecule has 1 fully saturated rings. The Morgan fingerprint density at radius 2 is 1.64 bits per heavy atom. The number of imide groups is 1. The van der Waals surface area contributed by atoms with E-state index in [-0.39, 0.29) is 23.3 Å². The molecule has 2 atom stereocenters. The molecule has 0 radical (unpaired) electrons. The van der Waals surface area contributed by atoms with Gasteiger partial charge in [-0.1, -0.05) is 42.5 Å². The fraction of sp³-hybridized carbons (Fsp3) is 0.222. The Balaban J connectivity index is 1.61. The molecular formula is C27H22F3N3O3. The van der Waals surface area contributed by atoms with Crippen molar-refractivity contribution in [2.24, 2.45) is 7.05 Å². The summed E-state index contributed by atoms with van der Waals surface area (Å²) in [5.74, 6) is -3.17. The zero-order valence-corrected chi connectivity index (χ0v) is 19.5. The molecule has 36 heavy (non-hydrogen) atoms. The van der Waals surface area contributed by atoms with Crippen LogP contribution in [0.1, 0.15) is 36.3 Å². The van der Waals surface area contributed by atoms with Gasteiger partial charge in [0.05, 0.1) is 17.1 Å². The molecule has 0 saturated carbocycles. The van der Waals surface area contributed by atoms with Crippen molar-refractivity contribution in [3.8, 4) is 0 Å². The molecule has 0 bridgehead atoms. The lowest BCUT2D eigenvalue weighted by Gasteiger charge is -2.26. The lowest BCUT2D eigenvalue weighted by Crippen LogP contribution is -2.42. The van der Waals surface area contributed by atoms with Crippen LogP contribution in [0.5, 0.6) is 0 Å². The van der Waals surface area contributed by atoms with Gasteiger partial charge in [0.2, 0.25) is 5.60 Å². The van der Waals surface area contributed by atoms with Gasteiger partial charge in [-0.3, -0.25) is 4.79 Å². The Kier molecular flexibility index (Phi) is 5.78. The molecular weight excluding hydrogens is 471 g/mol. The van der Waals surface area contributed by atoms with Crippen molar-refractivity contribution in [2.45, 2.75) is 31.4 Å². The highest BCUT2D eigenvalue weighted by Gasteiger charge is 2.58. The molecule has 0 aliphatic carbocycles. The number of carbonyl (C=O) groups is 2. The number of cyclic esters (lactones) is 1. The van der Waals surface area contributed by atoms with E-state index in [1.165, 1.54) is 28.8 Å². The molecule has 1 aliphatic heterocycles. The Labute approximate surface area is 204 Å². The van der Waals surface area contributed by atoms with Crippen molar-refractivity contribution >= 4 is 23.0 Å². The second kappa shape index (κ2) is 8.82. The van der Waals surface area contributed by atoms with E-state index in [9.17, 15) is 22.8 Å². The number of carbonyl (C=O) groups excluding carboxylic acids is 2. The average Bonchev–Trinajstić information content (AvgIpc) is 3.32. The highest BCUT2D eigenvalue weighted by atomic mass is 19.2. The van der Waals surface area contributed by atoms with Crippen molar-refractivity contribution in [1.29, 1.82) is 0 Å². The van der Waals surface area contributed by atoms with Gasteiger partial charge in [-0.05, 0) is 36.6 Å². The van der Waals surface area contributed by atoms with E-state index in [0.29, 0.717) is 12.0 Å². The number of hydrogen-bond acceptors (Lipinski definition) is 4. The Morgan fingerprint density at radius 3 is 2.33 bits per heavy atom. The van der Waals surface area contributed by atoms with Crippen LogP contribution in [0.2, 0.25) is 0 Å². The van der Waals surface area contributed by atoms with Crippen LogP contribution in [0.3, 0.4) is 0 Å². The van der Waals surface area contributed by atoms with Crippen molar-refractivity contribution in [3.05, 3.63) is 101 Å². The fourth-order valence-corrected chi connectivity index (χ4v) is 4.67. The van der Waals surface area contributed by atoms with Crippen molar-refractivity contribution in [1.82, 2.24) is 14.5 Å². The highest BCUT2D eigenvalue weighted by molar-refractivity contribution is 6.03. The summed E-state index contributed by atoms with van der Waals surface area (Å²) in [5.41, 5.74) is -0.0189. The molecule has 0 N–H and O–H groups in total. The summed E-state index contributed by atoms with van der Waals surface area (Å²) in [4.78, 5) is 32.6. The zero-order chi connectivity index (χ0) is 25.6. The van der Waals surface area contributed by atoms with Crippen LogP contribution in [0.25, 0.3) is 11.0 Å². The molecule has 0 spiro atoms. The van der Waals surface area contributed by atoms with E-state index >= 15 is 0 Å². The lowest BCUT2D eigenvalue weighted by molar-refractivity contribution is -0.140. The smallest absolute Gasteiger partial charge is 0.418 e. The SMILES string of the molecule is CC(c1ccc(F)cc1)N1C(=O)OC(CCc2ccccc2)(c2nc3cc(F)c(F)cc3n2C)C1=O. The summed E-state index contributed by atoms with van der Waals surface area (Å²) in [6, 6.07) is 16.0. The number of aryl methyl sites for hydroxylation is 2. The quantitative estimate of drug-likeness (QED) is 0.353. The molecule has 1 saturated heterocycles. The highest BCUT2D eigenvalue weighted by Crippen LogP contribution is 2.42. The molecule has 2 amide bonds. The first-order chi connectivity index (χ1) is 17.2. The molecule has 1 aliphatic rings.